The molecule has 0 rings (SSSR count). The molecule has 0 saturated heterocycles. The molecule has 60 valence electrons. The summed E-state index contributed by atoms with van der Waals surface area (Å²) < 4.78 is 0. The Labute approximate surface area is 59.9 Å². The number of carboxylic acids is 1. The third-order valence-corrected chi connectivity index (χ3v) is 0.784. The predicted molar refractivity (Wildman–Crippen MR) is 38.9 cm³/mol. The van der Waals surface area contributed by atoms with E-state index in [0.29, 0.717) is 0 Å². The Morgan fingerprint density at radius 3 is 2.30 bits per heavy atom. The van der Waals surface area contributed by atoms with Gasteiger partial charge in [-0.1, -0.05) is 7.43 Å². The van der Waals surface area contributed by atoms with Crippen LogP contribution in [0, 0.1) is 5.41 Å². The van der Waals surface area contributed by atoms with E-state index >= 15 is 0 Å². The first-order chi connectivity index (χ1) is 4.04. The van der Waals surface area contributed by atoms with Crippen molar-refractivity contribution in [3.8, 4) is 0 Å². The fraction of sp³-hybridized carbons (Fsp3) is 0.600. The summed E-state index contributed by atoms with van der Waals surface area (Å²) in [6, 6.07) is 0. The fourth-order valence-electron chi connectivity index (χ4n) is 0.288. The summed E-state index contributed by atoms with van der Waals surface area (Å²) in [5.74, 6) is -1.23. The molecular formula is C5H13N3O2. The maximum Gasteiger partial charge on any atom is 0.323 e. The van der Waals surface area contributed by atoms with Gasteiger partial charge in [0.1, 0.15) is 6.54 Å². The molecule has 4 N–H and O–H groups in total. The number of nitrogens with two attached hydrogens (primary N) is 1. The average molecular weight is 147 g/mol. The van der Waals surface area contributed by atoms with Crippen molar-refractivity contribution in [3.05, 3.63) is 0 Å². The number of hydrogen-bond donors (Lipinski definition) is 3. The molecule has 5 nitrogen and oxygen atoms in total. The average Bonchev–Trinajstić information content (AvgIpc) is 1.63. The number of guanidine groups is 1. The highest BCUT2D eigenvalue weighted by atomic mass is 16.4. The molecule has 0 fully saturated rings. The van der Waals surface area contributed by atoms with Crippen molar-refractivity contribution in [1.29, 1.82) is 5.41 Å². The molecule has 0 heterocycles. The van der Waals surface area contributed by atoms with Crippen molar-refractivity contribution < 1.29 is 9.90 Å². The van der Waals surface area contributed by atoms with E-state index in [0.717, 1.165) is 4.90 Å². The highest BCUT2D eigenvalue weighted by molar-refractivity contribution is 5.79. The summed E-state index contributed by atoms with van der Waals surface area (Å²) in [4.78, 5) is 11.0. The van der Waals surface area contributed by atoms with Crippen LogP contribution in [-0.4, -0.2) is 35.5 Å². The van der Waals surface area contributed by atoms with Gasteiger partial charge in [-0.2, -0.15) is 0 Å². The minimum absolute atomic E-state index is 0. The lowest BCUT2D eigenvalue weighted by Crippen LogP contribution is -2.36. The monoisotopic (exact) mass is 147 g/mol. The van der Waals surface area contributed by atoms with Crippen molar-refractivity contribution in [2.45, 2.75) is 7.43 Å². The zero-order chi connectivity index (χ0) is 7.44. The van der Waals surface area contributed by atoms with Gasteiger partial charge in [0.2, 0.25) is 0 Å². The standard InChI is InChI=1S/C4H9N3O2.CH4/c1-7(4(5)6)2-3(8)9;/h2H2,1H3,(H3,5,6)(H,8,9);1H4. The lowest BCUT2D eigenvalue weighted by molar-refractivity contribution is -0.137. The molecule has 0 aliphatic heterocycles. The van der Waals surface area contributed by atoms with Crippen LogP contribution in [0.5, 0.6) is 0 Å². The van der Waals surface area contributed by atoms with Gasteiger partial charge in [0, 0.05) is 7.05 Å². The molecule has 0 spiro atoms. The first-order valence-electron chi connectivity index (χ1n) is 2.31. The number of carboxylic acid groups (broad SMARTS) is 1. The minimum atomic E-state index is -0.993. The van der Waals surface area contributed by atoms with Crippen LogP contribution in [0.15, 0.2) is 0 Å². The lowest BCUT2D eigenvalue weighted by Gasteiger charge is -2.12. The number of hydrogen-bond acceptors (Lipinski definition) is 2. The number of carbonyl (C=O) groups is 1. The summed E-state index contributed by atoms with van der Waals surface area (Å²) >= 11 is 0. The van der Waals surface area contributed by atoms with Crippen LogP contribution in [0.4, 0.5) is 0 Å². The number of rotatable bonds is 2. The maximum absolute atomic E-state index is 9.92. The fourth-order valence-corrected chi connectivity index (χ4v) is 0.288. The summed E-state index contributed by atoms with van der Waals surface area (Å²) in [6.07, 6.45) is 0. The van der Waals surface area contributed by atoms with E-state index in [1.807, 2.05) is 0 Å². The van der Waals surface area contributed by atoms with Crippen molar-refractivity contribution in [2.24, 2.45) is 5.73 Å². The van der Waals surface area contributed by atoms with Gasteiger partial charge in [0.25, 0.3) is 0 Å². The summed E-state index contributed by atoms with van der Waals surface area (Å²) in [5, 5.41) is 14.9. The topological polar surface area (TPSA) is 90.4 Å². The summed E-state index contributed by atoms with van der Waals surface area (Å²) in [7, 11) is 1.44. The van der Waals surface area contributed by atoms with Crippen molar-refractivity contribution >= 4 is 11.9 Å². The van der Waals surface area contributed by atoms with E-state index in [2.05, 4.69) is 0 Å². The van der Waals surface area contributed by atoms with Crippen molar-refractivity contribution in [3.63, 3.8) is 0 Å². The van der Waals surface area contributed by atoms with E-state index in [4.69, 9.17) is 16.2 Å². The molecule has 0 saturated carbocycles. The Morgan fingerprint density at radius 2 is 2.20 bits per heavy atom. The van der Waals surface area contributed by atoms with Crippen LogP contribution in [0.2, 0.25) is 0 Å². The second-order valence-corrected chi connectivity index (χ2v) is 1.64. The van der Waals surface area contributed by atoms with Crippen LogP contribution in [-0.2, 0) is 4.79 Å². The first-order valence-corrected chi connectivity index (χ1v) is 2.31. The number of nitrogens with zero attached hydrogens (tertiary/aromatic N) is 1. The van der Waals surface area contributed by atoms with Gasteiger partial charge in [0.05, 0.1) is 0 Å². The molecule has 0 radical (unpaired) electrons. The molecule has 0 aromatic rings. The highest BCUT2D eigenvalue weighted by Gasteiger charge is 2.03. The van der Waals surface area contributed by atoms with E-state index in [1.54, 1.807) is 0 Å². The van der Waals surface area contributed by atoms with Gasteiger partial charge in [-0.25, -0.2) is 0 Å². The Balaban J connectivity index is 0. The Kier molecular flexibility index (Phi) is 5.31. The van der Waals surface area contributed by atoms with Gasteiger partial charge in [-0.3, -0.25) is 10.2 Å². The number of likely N-dealkylation sites (N-methyl/N-ethyl adjacent to an activating group) is 1. The second kappa shape index (κ2) is 4.60. The molecule has 0 aromatic heterocycles. The van der Waals surface area contributed by atoms with Gasteiger partial charge in [-0.15, -0.1) is 0 Å². The largest absolute Gasteiger partial charge is 0.480 e. The van der Waals surface area contributed by atoms with E-state index < -0.39 is 5.97 Å². The van der Waals surface area contributed by atoms with Gasteiger partial charge < -0.3 is 15.7 Å². The Bertz CT molecular complexity index is 135. The zero-order valence-corrected chi connectivity index (χ0v) is 5.09. The quantitative estimate of drug-likeness (QED) is 0.364. The van der Waals surface area contributed by atoms with Crippen LogP contribution in [0.25, 0.3) is 0 Å². The van der Waals surface area contributed by atoms with E-state index in [-0.39, 0.29) is 19.9 Å². The maximum atomic E-state index is 9.92. The van der Waals surface area contributed by atoms with Crippen LogP contribution < -0.4 is 5.73 Å². The molecule has 0 unspecified atom stereocenters. The minimum Gasteiger partial charge on any atom is -0.480 e. The Morgan fingerprint density at radius 1 is 1.80 bits per heavy atom. The van der Waals surface area contributed by atoms with Gasteiger partial charge in [-0.05, 0) is 0 Å². The second-order valence-electron chi connectivity index (χ2n) is 1.64. The van der Waals surface area contributed by atoms with Crippen LogP contribution in [0.3, 0.4) is 0 Å². The molecule has 0 aromatic carbocycles. The molecular weight excluding hydrogens is 134 g/mol. The summed E-state index contributed by atoms with van der Waals surface area (Å²) in [6.45, 7) is -0.227. The van der Waals surface area contributed by atoms with Crippen molar-refractivity contribution in [1.82, 2.24) is 4.90 Å². The normalized spacial score (nSPS) is 7.70. The highest BCUT2D eigenvalue weighted by Crippen LogP contribution is 1.76. The number of nitrogens with one attached hydrogen (secondary N) is 1. The molecule has 0 aliphatic carbocycles. The smallest absolute Gasteiger partial charge is 0.323 e. The SMILES string of the molecule is C.CN(CC(=O)O)C(=N)N. The third kappa shape index (κ3) is 4.89. The van der Waals surface area contributed by atoms with E-state index in [9.17, 15) is 4.79 Å². The van der Waals surface area contributed by atoms with Crippen LogP contribution in [0.1, 0.15) is 7.43 Å². The van der Waals surface area contributed by atoms with Crippen LogP contribution >= 0.6 is 0 Å². The third-order valence-electron chi connectivity index (χ3n) is 0.784. The Hall–Kier alpha value is -1.26. The molecule has 0 bridgehead atoms. The molecule has 0 aliphatic rings. The van der Waals surface area contributed by atoms with Crippen molar-refractivity contribution in [2.75, 3.05) is 13.6 Å². The molecule has 5 heteroatoms. The lowest BCUT2D eigenvalue weighted by atomic mass is 10.6. The molecule has 10 heavy (non-hydrogen) atoms. The summed E-state index contributed by atoms with van der Waals surface area (Å²) in [5.41, 5.74) is 4.93. The predicted octanol–water partition coefficient (Wildman–Crippen LogP) is -0.468. The molecule has 0 atom stereocenters. The van der Waals surface area contributed by atoms with E-state index in [1.165, 1.54) is 7.05 Å². The van der Waals surface area contributed by atoms with Gasteiger partial charge in [0.15, 0.2) is 5.96 Å². The molecule has 0 amide bonds. The first kappa shape index (κ1) is 11.5. The van der Waals surface area contributed by atoms with Gasteiger partial charge >= 0.3 is 5.97 Å². The zero-order valence-electron chi connectivity index (χ0n) is 5.09. The number of aliphatic carboxylic acids is 1.